The summed E-state index contributed by atoms with van der Waals surface area (Å²) in [7, 11) is 0. The molecule has 2 amide bonds. The first-order valence-corrected chi connectivity index (χ1v) is 6.21. The second-order valence-electron chi connectivity index (χ2n) is 4.25. The average Bonchev–Trinajstić information content (AvgIpc) is 2.47. The molecule has 0 spiro atoms. The summed E-state index contributed by atoms with van der Waals surface area (Å²) in [5.41, 5.74) is 0. The largest absolute Gasteiger partial charge is 0.274 e. The Hall–Kier alpha value is -0.640. The van der Waals surface area contributed by atoms with Gasteiger partial charge in [-0.05, 0) is 34.7 Å². The Morgan fingerprint density at radius 1 is 1.27 bits per heavy atom. The third-order valence-corrected chi connectivity index (χ3v) is 3.70. The zero-order valence-electron chi connectivity index (χ0n) is 8.54. The van der Waals surface area contributed by atoms with Gasteiger partial charge in [0, 0.05) is 12.6 Å². The van der Waals surface area contributed by atoms with Crippen molar-refractivity contribution in [2.75, 3.05) is 6.54 Å². The van der Waals surface area contributed by atoms with Crippen molar-refractivity contribution in [1.29, 1.82) is 0 Å². The molecule has 15 heavy (non-hydrogen) atoms. The van der Waals surface area contributed by atoms with Crippen LogP contribution in [-0.2, 0) is 9.59 Å². The Morgan fingerprint density at radius 3 is 2.47 bits per heavy atom. The molecule has 1 fully saturated rings. The summed E-state index contributed by atoms with van der Waals surface area (Å²) in [5.74, 6) is 0.168. The third-order valence-electron chi connectivity index (χ3n) is 3.13. The van der Waals surface area contributed by atoms with Gasteiger partial charge < -0.3 is 0 Å². The van der Waals surface area contributed by atoms with Crippen LogP contribution in [0.2, 0.25) is 0 Å². The van der Waals surface area contributed by atoms with Gasteiger partial charge in [-0.3, -0.25) is 14.5 Å². The van der Waals surface area contributed by atoms with E-state index >= 15 is 0 Å². The summed E-state index contributed by atoms with van der Waals surface area (Å²) in [6.45, 7) is 0.600. The van der Waals surface area contributed by atoms with Crippen molar-refractivity contribution >= 4 is 27.7 Å². The van der Waals surface area contributed by atoms with Crippen molar-refractivity contribution in [1.82, 2.24) is 4.90 Å². The van der Waals surface area contributed by atoms with E-state index < -0.39 is 0 Å². The smallest absolute Gasteiger partial charge is 0.267 e. The van der Waals surface area contributed by atoms with Crippen LogP contribution < -0.4 is 0 Å². The van der Waals surface area contributed by atoms with Crippen LogP contribution in [0.1, 0.15) is 32.1 Å². The Kier molecular flexibility index (Phi) is 3.24. The molecule has 0 aromatic heterocycles. The van der Waals surface area contributed by atoms with Crippen molar-refractivity contribution in [2.24, 2.45) is 5.92 Å². The highest BCUT2D eigenvalue weighted by molar-refractivity contribution is 9.12. The molecule has 0 unspecified atom stereocenters. The summed E-state index contributed by atoms with van der Waals surface area (Å²) < 4.78 is 0.392. The molecule has 0 saturated heterocycles. The summed E-state index contributed by atoms with van der Waals surface area (Å²) in [6.07, 6.45) is 7.42. The van der Waals surface area contributed by atoms with E-state index in [2.05, 4.69) is 15.9 Å². The fourth-order valence-electron chi connectivity index (χ4n) is 2.28. The van der Waals surface area contributed by atoms with E-state index in [1.165, 1.54) is 30.2 Å². The molecular formula is C11H14BrNO2. The maximum Gasteiger partial charge on any atom is 0.267 e. The van der Waals surface area contributed by atoms with Crippen molar-refractivity contribution in [3.8, 4) is 0 Å². The minimum absolute atomic E-state index is 0.169. The zero-order valence-corrected chi connectivity index (χ0v) is 10.1. The second-order valence-corrected chi connectivity index (χ2v) is 5.10. The van der Waals surface area contributed by atoms with Gasteiger partial charge in [0.05, 0.1) is 4.48 Å². The Labute approximate surface area is 97.6 Å². The second kappa shape index (κ2) is 4.47. The van der Waals surface area contributed by atoms with Gasteiger partial charge in [-0.1, -0.05) is 19.3 Å². The molecule has 0 bridgehead atoms. The Bertz CT molecular complexity index is 319. The van der Waals surface area contributed by atoms with E-state index in [1.54, 1.807) is 0 Å². The van der Waals surface area contributed by atoms with Gasteiger partial charge in [-0.15, -0.1) is 0 Å². The molecule has 0 aromatic carbocycles. The van der Waals surface area contributed by atoms with E-state index in [1.807, 2.05) is 0 Å². The summed E-state index contributed by atoms with van der Waals surface area (Å²) in [6, 6.07) is 0. The third kappa shape index (κ3) is 2.30. The standard InChI is InChI=1S/C11H14BrNO2/c12-9-6-10(14)13(11(9)15)7-8-4-2-1-3-5-8/h6,8H,1-5,7H2. The zero-order chi connectivity index (χ0) is 10.8. The predicted molar refractivity (Wildman–Crippen MR) is 60.3 cm³/mol. The highest BCUT2D eigenvalue weighted by Gasteiger charge is 2.31. The van der Waals surface area contributed by atoms with Gasteiger partial charge >= 0.3 is 0 Å². The maximum atomic E-state index is 11.6. The lowest BCUT2D eigenvalue weighted by molar-refractivity contribution is -0.137. The number of nitrogens with zero attached hydrogens (tertiary/aromatic N) is 1. The number of carbonyl (C=O) groups is 2. The summed E-state index contributed by atoms with van der Waals surface area (Å²) >= 11 is 3.10. The number of carbonyl (C=O) groups excluding carboxylic acids is 2. The lowest BCUT2D eigenvalue weighted by Crippen LogP contribution is -2.35. The van der Waals surface area contributed by atoms with Crippen molar-refractivity contribution in [3.63, 3.8) is 0 Å². The van der Waals surface area contributed by atoms with E-state index in [0.29, 0.717) is 16.9 Å². The van der Waals surface area contributed by atoms with Crippen LogP contribution in [0, 0.1) is 5.92 Å². The van der Waals surface area contributed by atoms with Gasteiger partial charge in [0.25, 0.3) is 11.8 Å². The highest BCUT2D eigenvalue weighted by atomic mass is 79.9. The van der Waals surface area contributed by atoms with Gasteiger partial charge in [-0.25, -0.2) is 0 Å². The van der Waals surface area contributed by atoms with Crippen LogP contribution >= 0.6 is 15.9 Å². The molecule has 0 radical (unpaired) electrons. The minimum Gasteiger partial charge on any atom is -0.274 e. The molecule has 2 rings (SSSR count). The predicted octanol–water partition coefficient (Wildman–Crippen LogP) is 2.21. The van der Waals surface area contributed by atoms with E-state index in [9.17, 15) is 9.59 Å². The number of rotatable bonds is 2. The summed E-state index contributed by atoms with van der Waals surface area (Å²) in [5, 5.41) is 0. The molecule has 1 aliphatic heterocycles. The fraction of sp³-hybridized carbons (Fsp3) is 0.636. The quantitative estimate of drug-likeness (QED) is 0.723. The number of hydrogen-bond acceptors (Lipinski definition) is 2. The Morgan fingerprint density at radius 2 is 1.93 bits per heavy atom. The molecule has 2 aliphatic rings. The van der Waals surface area contributed by atoms with Gasteiger partial charge in [0.1, 0.15) is 0 Å². The van der Waals surface area contributed by atoms with Gasteiger partial charge in [0.2, 0.25) is 0 Å². The first-order valence-electron chi connectivity index (χ1n) is 5.41. The van der Waals surface area contributed by atoms with Crippen molar-refractivity contribution in [2.45, 2.75) is 32.1 Å². The van der Waals surface area contributed by atoms with Crippen LogP contribution in [0.25, 0.3) is 0 Å². The Balaban J connectivity index is 1.95. The average molecular weight is 272 g/mol. The number of amides is 2. The fourth-order valence-corrected chi connectivity index (χ4v) is 2.69. The lowest BCUT2D eigenvalue weighted by Gasteiger charge is -2.25. The monoisotopic (exact) mass is 271 g/mol. The van der Waals surface area contributed by atoms with E-state index in [0.717, 1.165) is 12.8 Å². The van der Waals surface area contributed by atoms with E-state index in [4.69, 9.17) is 0 Å². The summed E-state index contributed by atoms with van der Waals surface area (Å²) in [4.78, 5) is 24.4. The van der Waals surface area contributed by atoms with Crippen LogP contribution in [0.5, 0.6) is 0 Å². The maximum absolute atomic E-state index is 11.6. The number of halogens is 1. The SMILES string of the molecule is O=C1C=C(Br)C(=O)N1CC1CCCCC1. The molecular weight excluding hydrogens is 258 g/mol. The van der Waals surface area contributed by atoms with E-state index in [-0.39, 0.29) is 11.8 Å². The molecule has 0 atom stereocenters. The molecule has 0 aromatic rings. The van der Waals surface area contributed by atoms with Crippen LogP contribution in [0.15, 0.2) is 10.6 Å². The van der Waals surface area contributed by atoms with Gasteiger partial charge in [-0.2, -0.15) is 0 Å². The topological polar surface area (TPSA) is 37.4 Å². The molecule has 4 heteroatoms. The van der Waals surface area contributed by atoms with Crippen molar-refractivity contribution < 1.29 is 9.59 Å². The molecule has 1 heterocycles. The normalized spacial score (nSPS) is 23.5. The molecule has 3 nitrogen and oxygen atoms in total. The van der Waals surface area contributed by atoms with Gasteiger partial charge in [0.15, 0.2) is 0 Å². The molecule has 0 N–H and O–H groups in total. The lowest BCUT2D eigenvalue weighted by atomic mass is 9.89. The molecule has 82 valence electrons. The van der Waals surface area contributed by atoms with Crippen LogP contribution in [-0.4, -0.2) is 23.3 Å². The highest BCUT2D eigenvalue weighted by Crippen LogP contribution is 2.27. The number of imide groups is 1. The van der Waals surface area contributed by atoms with Crippen LogP contribution in [0.3, 0.4) is 0 Å². The molecule has 1 aliphatic carbocycles. The first-order chi connectivity index (χ1) is 7.18. The first kappa shape index (κ1) is 10.9. The van der Waals surface area contributed by atoms with Crippen molar-refractivity contribution in [3.05, 3.63) is 10.6 Å². The molecule has 1 saturated carbocycles. The van der Waals surface area contributed by atoms with Crippen LogP contribution in [0.4, 0.5) is 0 Å². The number of hydrogen-bond donors (Lipinski definition) is 0. The minimum atomic E-state index is -0.175.